The van der Waals surface area contributed by atoms with E-state index in [4.69, 9.17) is 0 Å². The SMILES string of the molecule is O=C1c2ccc(O)cc2CCN1[C@@H]1CCN(C2CCCC2)C1. The van der Waals surface area contributed by atoms with E-state index >= 15 is 0 Å². The van der Waals surface area contributed by atoms with Crippen LogP contribution in [0, 0.1) is 0 Å². The van der Waals surface area contributed by atoms with Gasteiger partial charge in [-0.15, -0.1) is 0 Å². The number of hydrogen-bond acceptors (Lipinski definition) is 3. The first kappa shape index (κ1) is 14.1. The summed E-state index contributed by atoms with van der Waals surface area (Å²) in [4.78, 5) is 17.5. The minimum absolute atomic E-state index is 0.152. The summed E-state index contributed by atoms with van der Waals surface area (Å²) in [6.07, 6.45) is 7.37. The van der Waals surface area contributed by atoms with Crippen molar-refractivity contribution in [3.8, 4) is 5.75 Å². The summed E-state index contributed by atoms with van der Waals surface area (Å²) in [5.41, 5.74) is 1.77. The van der Waals surface area contributed by atoms with Crippen LogP contribution >= 0.6 is 0 Å². The lowest BCUT2D eigenvalue weighted by atomic mass is 9.97. The first-order chi connectivity index (χ1) is 10.7. The zero-order chi connectivity index (χ0) is 15.1. The Kier molecular flexibility index (Phi) is 3.57. The Morgan fingerprint density at radius 3 is 2.68 bits per heavy atom. The number of phenolic OH excluding ortho intramolecular Hbond substituents is 1. The van der Waals surface area contributed by atoms with E-state index < -0.39 is 0 Å². The van der Waals surface area contributed by atoms with E-state index in [-0.39, 0.29) is 11.7 Å². The second-order valence-electron chi connectivity index (χ2n) is 6.97. The van der Waals surface area contributed by atoms with Gasteiger partial charge in [0.25, 0.3) is 5.91 Å². The zero-order valence-corrected chi connectivity index (χ0v) is 13.0. The molecule has 2 fully saturated rings. The number of benzene rings is 1. The number of hydrogen-bond donors (Lipinski definition) is 1. The number of rotatable bonds is 2. The fraction of sp³-hybridized carbons (Fsp3) is 0.611. The molecule has 1 saturated carbocycles. The van der Waals surface area contributed by atoms with E-state index in [1.165, 1.54) is 25.7 Å². The molecule has 1 atom stereocenters. The predicted molar refractivity (Wildman–Crippen MR) is 85.1 cm³/mol. The highest BCUT2D eigenvalue weighted by molar-refractivity contribution is 5.97. The van der Waals surface area contributed by atoms with Crippen molar-refractivity contribution in [2.45, 2.75) is 50.6 Å². The molecule has 0 aromatic heterocycles. The molecule has 0 spiro atoms. The average molecular weight is 300 g/mol. The van der Waals surface area contributed by atoms with Gasteiger partial charge in [-0.05, 0) is 49.4 Å². The fourth-order valence-corrected chi connectivity index (χ4v) is 4.46. The van der Waals surface area contributed by atoms with Gasteiger partial charge in [-0.3, -0.25) is 9.69 Å². The highest BCUT2D eigenvalue weighted by atomic mass is 16.3. The second-order valence-corrected chi connectivity index (χ2v) is 6.97. The van der Waals surface area contributed by atoms with Crippen molar-refractivity contribution in [2.24, 2.45) is 0 Å². The molecule has 2 aliphatic heterocycles. The molecule has 4 heteroatoms. The number of nitrogens with zero attached hydrogens (tertiary/aromatic N) is 2. The Hall–Kier alpha value is -1.55. The first-order valence-corrected chi connectivity index (χ1v) is 8.59. The van der Waals surface area contributed by atoms with Crippen LogP contribution in [-0.4, -0.2) is 52.5 Å². The Labute approximate surface area is 131 Å². The van der Waals surface area contributed by atoms with Crippen molar-refractivity contribution in [2.75, 3.05) is 19.6 Å². The van der Waals surface area contributed by atoms with E-state index in [2.05, 4.69) is 9.80 Å². The number of aromatic hydroxyl groups is 1. The van der Waals surface area contributed by atoms with Gasteiger partial charge in [-0.25, -0.2) is 0 Å². The molecule has 1 amide bonds. The Balaban J connectivity index is 1.48. The van der Waals surface area contributed by atoms with Crippen LogP contribution in [0.1, 0.15) is 48.0 Å². The van der Waals surface area contributed by atoms with Crippen molar-refractivity contribution < 1.29 is 9.90 Å². The van der Waals surface area contributed by atoms with Gasteiger partial charge in [0.1, 0.15) is 5.75 Å². The molecule has 4 rings (SSSR count). The monoisotopic (exact) mass is 300 g/mol. The zero-order valence-electron chi connectivity index (χ0n) is 13.0. The number of carbonyl (C=O) groups is 1. The second kappa shape index (κ2) is 5.58. The van der Waals surface area contributed by atoms with Crippen molar-refractivity contribution in [3.63, 3.8) is 0 Å². The standard InChI is InChI=1S/C18H24N2O2/c21-16-5-6-17-13(11-16)7-10-20(18(17)22)15-8-9-19(12-15)14-3-1-2-4-14/h5-6,11,14-15,21H,1-4,7-10,12H2/t15-/m1/s1. The maximum atomic E-state index is 12.8. The van der Waals surface area contributed by atoms with Crippen LogP contribution in [-0.2, 0) is 6.42 Å². The van der Waals surface area contributed by atoms with Crippen molar-refractivity contribution >= 4 is 5.91 Å². The van der Waals surface area contributed by atoms with E-state index in [0.717, 1.165) is 49.6 Å². The van der Waals surface area contributed by atoms with Crippen LogP contribution in [0.4, 0.5) is 0 Å². The minimum atomic E-state index is 0.152. The molecular weight excluding hydrogens is 276 g/mol. The number of fused-ring (bicyclic) bond motifs is 1. The van der Waals surface area contributed by atoms with Gasteiger partial charge in [-0.2, -0.15) is 0 Å². The molecule has 1 N–H and O–H groups in total. The van der Waals surface area contributed by atoms with Gasteiger partial charge in [-0.1, -0.05) is 12.8 Å². The molecule has 0 radical (unpaired) electrons. The molecule has 118 valence electrons. The molecule has 3 aliphatic rings. The molecule has 0 bridgehead atoms. The quantitative estimate of drug-likeness (QED) is 0.912. The normalized spacial score (nSPS) is 26.6. The summed E-state index contributed by atoms with van der Waals surface area (Å²) in [6.45, 7) is 2.98. The van der Waals surface area contributed by atoms with Crippen LogP contribution in [0.5, 0.6) is 5.75 Å². The van der Waals surface area contributed by atoms with Crippen LogP contribution < -0.4 is 0 Å². The molecule has 22 heavy (non-hydrogen) atoms. The van der Waals surface area contributed by atoms with E-state index in [9.17, 15) is 9.90 Å². The third-order valence-corrected chi connectivity index (χ3v) is 5.68. The summed E-state index contributed by atoms with van der Waals surface area (Å²) in [6, 6.07) is 6.27. The highest BCUT2D eigenvalue weighted by Gasteiger charge is 2.36. The topological polar surface area (TPSA) is 43.8 Å². The summed E-state index contributed by atoms with van der Waals surface area (Å²) in [7, 11) is 0. The van der Waals surface area contributed by atoms with Gasteiger partial charge in [0.15, 0.2) is 0 Å². The number of likely N-dealkylation sites (tertiary alicyclic amines) is 1. The number of amides is 1. The molecule has 1 aliphatic carbocycles. The summed E-state index contributed by atoms with van der Waals surface area (Å²) < 4.78 is 0. The Morgan fingerprint density at radius 1 is 1.05 bits per heavy atom. The van der Waals surface area contributed by atoms with Gasteiger partial charge in [0.2, 0.25) is 0 Å². The van der Waals surface area contributed by atoms with E-state index in [1.54, 1.807) is 18.2 Å². The smallest absolute Gasteiger partial charge is 0.254 e. The van der Waals surface area contributed by atoms with Gasteiger partial charge in [0.05, 0.1) is 0 Å². The predicted octanol–water partition coefficient (Wildman–Crippen LogP) is 2.41. The highest BCUT2D eigenvalue weighted by Crippen LogP contribution is 2.30. The third kappa shape index (κ3) is 2.39. The van der Waals surface area contributed by atoms with Gasteiger partial charge < -0.3 is 10.0 Å². The molecule has 1 saturated heterocycles. The Bertz CT molecular complexity index is 580. The molecule has 2 heterocycles. The van der Waals surface area contributed by atoms with E-state index in [1.807, 2.05) is 0 Å². The third-order valence-electron chi connectivity index (χ3n) is 5.68. The van der Waals surface area contributed by atoms with E-state index in [0.29, 0.717) is 6.04 Å². The molecule has 1 aromatic rings. The van der Waals surface area contributed by atoms with Gasteiger partial charge in [0, 0.05) is 37.3 Å². The molecule has 4 nitrogen and oxygen atoms in total. The van der Waals surface area contributed by atoms with Crippen LogP contribution in [0.3, 0.4) is 0 Å². The fourth-order valence-electron chi connectivity index (χ4n) is 4.46. The summed E-state index contributed by atoms with van der Waals surface area (Å²) >= 11 is 0. The summed E-state index contributed by atoms with van der Waals surface area (Å²) in [5.74, 6) is 0.410. The van der Waals surface area contributed by atoms with Crippen molar-refractivity contribution in [3.05, 3.63) is 29.3 Å². The first-order valence-electron chi connectivity index (χ1n) is 8.59. The maximum Gasteiger partial charge on any atom is 0.254 e. The summed E-state index contributed by atoms with van der Waals surface area (Å²) in [5, 5.41) is 9.58. The lowest BCUT2D eigenvalue weighted by molar-refractivity contribution is 0.0658. The lowest BCUT2D eigenvalue weighted by Gasteiger charge is -2.34. The van der Waals surface area contributed by atoms with Crippen molar-refractivity contribution in [1.82, 2.24) is 9.80 Å². The van der Waals surface area contributed by atoms with Gasteiger partial charge >= 0.3 is 0 Å². The number of carbonyl (C=O) groups excluding carboxylic acids is 1. The number of phenols is 1. The van der Waals surface area contributed by atoms with Crippen LogP contribution in [0.2, 0.25) is 0 Å². The maximum absolute atomic E-state index is 12.8. The molecule has 1 aromatic carbocycles. The average Bonchev–Trinajstić information content (AvgIpc) is 3.18. The minimum Gasteiger partial charge on any atom is -0.508 e. The van der Waals surface area contributed by atoms with Crippen LogP contribution in [0.15, 0.2) is 18.2 Å². The van der Waals surface area contributed by atoms with Crippen molar-refractivity contribution in [1.29, 1.82) is 0 Å². The molecular formula is C18H24N2O2. The Morgan fingerprint density at radius 2 is 1.86 bits per heavy atom. The largest absolute Gasteiger partial charge is 0.508 e. The van der Waals surface area contributed by atoms with Crippen LogP contribution in [0.25, 0.3) is 0 Å². The molecule has 0 unspecified atom stereocenters. The lowest BCUT2D eigenvalue weighted by Crippen LogP contribution is -2.46.